The highest BCUT2D eigenvalue weighted by Crippen LogP contribution is 2.36. The largest absolute Gasteiger partial charge is 0.321 e. The number of aryl methyl sites for hydroxylation is 1. The van der Waals surface area contributed by atoms with Crippen LogP contribution in [0.15, 0.2) is 24.3 Å². The maximum atomic E-state index is 6.71. The van der Waals surface area contributed by atoms with Crippen molar-refractivity contribution in [2.45, 2.75) is 64.3 Å². The number of hydrogen-bond acceptors (Lipinski definition) is 1. The van der Waals surface area contributed by atoms with Gasteiger partial charge in [-0.1, -0.05) is 57.4 Å². The van der Waals surface area contributed by atoms with Gasteiger partial charge in [-0.15, -0.1) is 0 Å². The van der Waals surface area contributed by atoms with Crippen molar-refractivity contribution in [2.75, 3.05) is 0 Å². The predicted octanol–water partition coefficient (Wildman–Crippen LogP) is 4.39. The van der Waals surface area contributed by atoms with Gasteiger partial charge in [-0.2, -0.15) is 0 Å². The van der Waals surface area contributed by atoms with Crippen LogP contribution in [0.3, 0.4) is 0 Å². The van der Waals surface area contributed by atoms with E-state index in [1.807, 2.05) is 0 Å². The fourth-order valence-corrected chi connectivity index (χ4v) is 3.15. The summed E-state index contributed by atoms with van der Waals surface area (Å²) < 4.78 is 0. The first kappa shape index (κ1) is 13.6. The normalized spacial score (nSPS) is 28.9. The molecule has 2 atom stereocenters. The first-order valence-corrected chi connectivity index (χ1v) is 7.52. The average Bonchev–Trinajstić information content (AvgIpc) is 2.54. The van der Waals surface area contributed by atoms with Crippen LogP contribution in [0.2, 0.25) is 0 Å². The molecule has 1 nitrogen and oxygen atoms in total. The van der Waals surface area contributed by atoms with Gasteiger partial charge in [0.15, 0.2) is 0 Å². The first-order valence-electron chi connectivity index (χ1n) is 7.52. The molecule has 0 bridgehead atoms. The molecule has 2 rings (SSSR count). The predicted molar refractivity (Wildman–Crippen MR) is 78.6 cm³/mol. The quantitative estimate of drug-likeness (QED) is 0.785. The van der Waals surface area contributed by atoms with Gasteiger partial charge >= 0.3 is 0 Å². The molecule has 1 aromatic carbocycles. The molecule has 0 aromatic heterocycles. The Labute approximate surface area is 112 Å². The van der Waals surface area contributed by atoms with E-state index in [1.54, 1.807) is 0 Å². The lowest BCUT2D eigenvalue weighted by atomic mass is 9.83. The van der Waals surface area contributed by atoms with Gasteiger partial charge in [-0.25, -0.2) is 0 Å². The van der Waals surface area contributed by atoms with E-state index in [0.717, 1.165) is 18.8 Å². The lowest BCUT2D eigenvalue weighted by Gasteiger charge is -2.29. The standard InChI is InChI=1S/C17H27N/c1-3-6-15-8-4-9-16(13-15)17(18)11-5-7-14(2)10-12-17/h4,8-9,13-14H,3,5-7,10-12,18H2,1-2H3. The van der Waals surface area contributed by atoms with Crippen molar-refractivity contribution in [1.29, 1.82) is 0 Å². The fourth-order valence-electron chi connectivity index (χ4n) is 3.15. The summed E-state index contributed by atoms with van der Waals surface area (Å²) in [5.41, 5.74) is 9.44. The minimum Gasteiger partial charge on any atom is -0.321 e. The van der Waals surface area contributed by atoms with Crippen LogP contribution in [0.25, 0.3) is 0 Å². The molecule has 0 radical (unpaired) electrons. The van der Waals surface area contributed by atoms with E-state index in [0.29, 0.717) is 0 Å². The molecule has 1 saturated carbocycles. The molecule has 0 aliphatic heterocycles. The molecular weight excluding hydrogens is 218 g/mol. The molecule has 100 valence electrons. The van der Waals surface area contributed by atoms with E-state index in [2.05, 4.69) is 38.1 Å². The summed E-state index contributed by atoms with van der Waals surface area (Å²) in [5, 5.41) is 0. The smallest absolute Gasteiger partial charge is 0.0409 e. The lowest BCUT2D eigenvalue weighted by molar-refractivity contribution is 0.378. The molecular formula is C17H27N. The van der Waals surface area contributed by atoms with Crippen molar-refractivity contribution in [3.63, 3.8) is 0 Å². The van der Waals surface area contributed by atoms with E-state index < -0.39 is 0 Å². The van der Waals surface area contributed by atoms with Crippen LogP contribution in [-0.4, -0.2) is 0 Å². The molecule has 1 heteroatoms. The van der Waals surface area contributed by atoms with Crippen LogP contribution < -0.4 is 5.73 Å². The Morgan fingerprint density at radius 1 is 1.28 bits per heavy atom. The summed E-state index contributed by atoms with van der Waals surface area (Å²) in [4.78, 5) is 0. The van der Waals surface area contributed by atoms with Crippen molar-refractivity contribution in [3.05, 3.63) is 35.4 Å². The van der Waals surface area contributed by atoms with E-state index in [4.69, 9.17) is 5.73 Å². The Bertz CT molecular complexity index is 385. The minimum absolute atomic E-state index is 0.0749. The molecule has 1 fully saturated rings. The monoisotopic (exact) mass is 245 g/mol. The average molecular weight is 245 g/mol. The van der Waals surface area contributed by atoms with Crippen LogP contribution >= 0.6 is 0 Å². The van der Waals surface area contributed by atoms with Crippen molar-refractivity contribution in [3.8, 4) is 0 Å². The second kappa shape index (κ2) is 5.88. The summed E-state index contributed by atoms with van der Waals surface area (Å²) in [6.07, 6.45) is 8.55. The van der Waals surface area contributed by atoms with Crippen molar-refractivity contribution in [1.82, 2.24) is 0 Å². The topological polar surface area (TPSA) is 26.0 Å². The lowest BCUT2D eigenvalue weighted by Crippen LogP contribution is -2.36. The SMILES string of the molecule is CCCc1cccc(C2(N)CCCC(C)CC2)c1. The second-order valence-electron chi connectivity index (χ2n) is 6.14. The van der Waals surface area contributed by atoms with Crippen molar-refractivity contribution >= 4 is 0 Å². The molecule has 18 heavy (non-hydrogen) atoms. The van der Waals surface area contributed by atoms with Gasteiger partial charge in [0.05, 0.1) is 0 Å². The zero-order valence-corrected chi connectivity index (χ0v) is 11.9. The molecule has 0 spiro atoms. The Kier molecular flexibility index (Phi) is 4.45. The Morgan fingerprint density at radius 3 is 2.89 bits per heavy atom. The van der Waals surface area contributed by atoms with Crippen LogP contribution in [0.1, 0.15) is 63.5 Å². The minimum atomic E-state index is -0.0749. The van der Waals surface area contributed by atoms with Crippen molar-refractivity contribution < 1.29 is 0 Å². The van der Waals surface area contributed by atoms with E-state index in [-0.39, 0.29) is 5.54 Å². The number of benzene rings is 1. The maximum absolute atomic E-state index is 6.71. The highest BCUT2D eigenvalue weighted by Gasteiger charge is 2.29. The first-order chi connectivity index (χ1) is 8.64. The number of hydrogen-bond donors (Lipinski definition) is 1. The summed E-state index contributed by atoms with van der Waals surface area (Å²) in [7, 11) is 0. The van der Waals surface area contributed by atoms with Crippen LogP contribution in [0.5, 0.6) is 0 Å². The molecule has 1 aliphatic carbocycles. The third kappa shape index (κ3) is 3.14. The van der Waals surface area contributed by atoms with E-state index >= 15 is 0 Å². The van der Waals surface area contributed by atoms with E-state index in [9.17, 15) is 0 Å². The molecule has 2 N–H and O–H groups in total. The van der Waals surface area contributed by atoms with Gasteiger partial charge in [-0.05, 0) is 42.7 Å². The highest BCUT2D eigenvalue weighted by atomic mass is 14.7. The summed E-state index contributed by atoms with van der Waals surface area (Å²) in [6.45, 7) is 4.59. The zero-order valence-electron chi connectivity index (χ0n) is 11.9. The molecule has 2 unspecified atom stereocenters. The molecule has 1 aromatic rings. The van der Waals surface area contributed by atoms with E-state index in [1.165, 1.54) is 43.2 Å². The third-order valence-electron chi connectivity index (χ3n) is 4.44. The fraction of sp³-hybridized carbons (Fsp3) is 0.647. The van der Waals surface area contributed by atoms with Crippen LogP contribution in [0.4, 0.5) is 0 Å². The summed E-state index contributed by atoms with van der Waals surface area (Å²) >= 11 is 0. The van der Waals surface area contributed by atoms with Gasteiger partial charge in [0.1, 0.15) is 0 Å². The van der Waals surface area contributed by atoms with Gasteiger partial charge in [-0.3, -0.25) is 0 Å². The Morgan fingerprint density at radius 2 is 2.11 bits per heavy atom. The molecule has 0 saturated heterocycles. The number of nitrogens with two attached hydrogens (primary N) is 1. The highest BCUT2D eigenvalue weighted by molar-refractivity contribution is 5.29. The van der Waals surface area contributed by atoms with Gasteiger partial charge in [0, 0.05) is 5.54 Å². The van der Waals surface area contributed by atoms with Crippen LogP contribution in [0, 0.1) is 5.92 Å². The molecule has 1 aliphatic rings. The number of rotatable bonds is 3. The zero-order chi connectivity index (χ0) is 13.0. The molecule has 0 heterocycles. The Hall–Kier alpha value is -0.820. The van der Waals surface area contributed by atoms with Crippen LogP contribution in [-0.2, 0) is 12.0 Å². The molecule has 0 amide bonds. The van der Waals surface area contributed by atoms with Crippen molar-refractivity contribution in [2.24, 2.45) is 11.7 Å². The summed E-state index contributed by atoms with van der Waals surface area (Å²) in [5.74, 6) is 0.842. The van der Waals surface area contributed by atoms with Gasteiger partial charge < -0.3 is 5.73 Å². The summed E-state index contributed by atoms with van der Waals surface area (Å²) in [6, 6.07) is 8.99. The third-order valence-corrected chi connectivity index (χ3v) is 4.44. The van der Waals surface area contributed by atoms with Gasteiger partial charge in [0.25, 0.3) is 0 Å². The Balaban J connectivity index is 2.20. The maximum Gasteiger partial charge on any atom is 0.0409 e. The van der Waals surface area contributed by atoms with Gasteiger partial charge in [0.2, 0.25) is 0 Å². The second-order valence-corrected chi connectivity index (χ2v) is 6.14.